The van der Waals surface area contributed by atoms with Gasteiger partial charge in [0.25, 0.3) is 5.91 Å². The minimum absolute atomic E-state index is 0.139. The Morgan fingerprint density at radius 3 is 2.60 bits per heavy atom. The molecule has 0 aliphatic carbocycles. The SMILES string of the molecule is Cc1ccc(C(=O)N(C)Cc2ccccc2F)c(Br)c1. The molecule has 0 saturated heterocycles. The maximum atomic E-state index is 13.6. The van der Waals surface area contributed by atoms with Crippen molar-refractivity contribution in [3.05, 3.63) is 69.4 Å². The molecule has 0 bridgehead atoms. The third-order valence-corrected chi connectivity index (χ3v) is 3.72. The van der Waals surface area contributed by atoms with Gasteiger partial charge < -0.3 is 4.90 Å². The fourth-order valence-electron chi connectivity index (χ4n) is 1.95. The third-order valence-electron chi connectivity index (χ3n) is 3.07. The number of carbonyl (C=O) groups is 1. The summed E-state index contributed by atoms with van der Waals surface area (Å²) in [5.74, 6) is -0.435. The Bertz CT molecular complexity index is 642. The van der Waals surface area contributed by atoms with Crippen molar-refractivity contribution in [3.8, 4) is 0 Å². The molecule has 0 N–H and O–H groups in total. The summed E-state index contributed by atoms with van der Waals surface area (Å²) >= 11 is 3.39. The lowest BCUT2D eigenvalue weighted by molar-refractivity contribution is 0.0783. The van der Waals surface area contributed by atoms with Crippen molar-refractivity contribution in [3.63, 3.8) is 0 Å². The molecular weight excluding hydrogens is 321 g/mol. The van der Waals surface area contributed by atoms with Gasteiger partial charge in [0.05, 0.1) is 5.56 Å². The predicted octanol–water partition coefficient (Wildman–Crippen LogP) is 4.17. The van der Waals surface area contributed by atoms with Crippen LogP contribution in [0.2, 0.25) is 0 Å². The topological polar surface area (TPSA) is 20.3 Å². The number of nitrogens with zero attached hydrogens (tertiary/aromatic N) is 1. The first-order valence-electron chi connectivity index (χ1n) is 6.24. The molecule has 104 valence electrons. The minimum atomic E-state index is -0.296. The molecule has 0 atom stereocenters. The first-order valence-corrected chi connectivity index (χ1v) is 7.03. The molecule has 0 aromatic heterocycles. The van der Waals surface area contributed by atoms with E-state index in [0.717, 1.165) is 10.0 Å². The highest BCUT2D eigenvalue weighted by Gasteiger charge is 2.16. The molecule has 0 heterocycles. The molecular formula is C16H15BrFNO. The normalized spacial score (nSPS) is 10.4. The summed E-state index contributed by atoms with van der Waals surface area (Å²) < 4.78 is 14.4. The van der Waals surface area contributed by atoms with Gasteiger partial charge in [-0.1, -0.05) is 24.3 Å². The van der Waals surface area contributed by atoms with Crippen LogP contribution in [0.1, 0.15) is 21.5 Å². The first-order chi connectivity index (χ1) is 9.49. The van der Waals surface area contributed by atoms with Crippen LogP contribution >= 0.6 is 15.9 Å². The van der Waals surface area contributed by atoms with Crippen molar-refractivity contribution in [1.82, 2.24) is 4.90 Å². The molecule has 0 saturated carbocycles. The highest BCUT2D eigenvalue weighted by Crippen LogP contribution is 2.20. The van der Waals surface area contributed by atoms with Crippen LogP contribution in [0.25, 0.3) is 0 Å². The van der Waals surface area contributed by atoms with Crippen LogP contribution in [-0.4, -0.2) is 17.9 Å². The highest BCUT2D eigenvalue weighted by atomic mass is 79.9. The van der Waals surface area contributed by atoms with E-state index < -0.39 is 0 Å². The van der Waals surface area contributed by atoms with Crippen molar-refractivity contribution in [2.45, 2.75) is 13.5 Å². The zero-order chi connectivity index (χ0) is 14.7. The number of halogens is 2. The van der Waals surface area contributed by atoms with E-state index in [2.05, 4.69) is 15.9 Å². The lowest BCUT2D eigenvalue weighted by Crippen LogP contribution is -2.27. The molecule has 4 heteroatoms. The average molecular weight is 336 g/mol. The molecule has 0 aliphatic heterocycles. The van der Waals surface area contributed by atoms with Crippen LogP contribution in [-0.2, 0) is 6.54 Å². The third kappa shape index (κ3) is 3.25. The maximum Gasteiger partial charge on any atom is 0.255 e. The van der Waals surface area contributed by atoms with Gasteiger partial charge in [0, 0.05) is 23.6 Å². The average Bonchev–Trinajstić information content (AvgIpc) is 2.40. The standard InChI is InChI=1S/C16H15BrFNO/c1-11-7-8-13(14(17)9-11)16(20)19(2)10-12-5-3-4-6-15(12)18/h3-9H,10H2,1-2H3. The maximum absolute atomic E-state index is 13.6. The Labute approximate surface area is 126 Å². The molecule has 2 nitrogen and oxygen atoms in total. The number of carbonyl (C=O) groups excluding carboxylic acids is 1. The lowest BCUT2D eigenvalue weighted by Gasteiger charge is -2.18. The van der Waals surface area contributed by atoms with Crippen molar-refractivity contribution >= 4 is 21.8 Å². The minimum Gasteiger partial charge on any atom is -0.337 e. The molecule has 2 aromatic rings. The number of aryl methyl sites for hydroxylation is 1. The molecule has 0 aliphatic rings. The lowest BCUT2D eigenvalue weighted by atomic mass is 10.1. The van der Waals surface area contributed by atoms with Gasteiger partial charge in [-0.15, -0.1) is 0 Å². The summed E-state index contributed by atoms with van der Waals surface area (Å²) in [6.07, 6.45) is 0. The summed E-state index contributed by atoms with van der Waals surface area (Å²) in [6.45, 7) is 2.20. The van der Waals surface area contributed by atoms with E-state index in [0.29, 0.717) is 11.1 Å². The Kier molecular flexibility index (Phi) is 4.55. The van der Waals surface area contributed by atoms with E-state index in [-0.39, 0.29) is 18.3 Å². The molecule has 0 spiro atoms. The Morgan fingerprint density at radius 1 is 1.25 bits per heavy atom. The molecule has 0 radical (unpaired) electrons. The van der Waals surface area contributed by atoms with E-state index in [1.54, 1.807) is 31.3 Å². The summed E-state index contributed by atoms with van der Waals surface area (Å²) in [5.41, 5.74) is 2.16. The smallest absolute Gasteiger partial charge is 0.255 e. The quantitative estimate of drug-likeness (QED) is 0.824. The Balaban J connectivity index is 2.19. The van der Waals surface area contributed by atoms with Crippen molar-refractivity contribution in [1.29, 1.82) is 0 Å². The number of rotatable bonds is 3. The van der Waals surface area contributed by atoms with E-state index in [1.807, 2.05) is 19.1 Å². The van der Waals surface area contributed by atoms with E-state index >= 15 is 0 Å². The molecule has 0 unspecified atom stereocenters. The zero-order valence-electron chi connectivity index (χ0n) is 11.4. The highest BCUT2D eigenvalue weighted by molar-refractivity contribution is 9.10. The molecule has 0 fully saturated rings. The molecule has 1 amide bonds. The largest absolute Gasteiger partial charge is 0.337 e. The Hall–Kier alpha value is -1.68. The summed E-state index contributed by atoms with van der Waals surface area (Å²) in [6, 6.07) is 12.0. The van der Waals surface area contributed by atoms with Crippen LogP contribution < -0.4 is 0 Å². The molecule has 2 aromatic carbocycles. The van der Waals surface area contributed by atoms with Crippen LogP contribution in [0.3, 0.4) is 0 Å². The van der Waals surface area contributed by atoms with Crippen LogP contribution in [0.5, 0.6) is 0 Å². The zero-order valence-corrected chi connectivity index (χ0v) is 12.9. The van der Waals surface area contributed by atoms with Gasteiger partial charge >= 0.3 is 0 Å². The summed E-state index contributed by atoms with van der Waals surface area (Å²) in [4.78, 5) is 13.9. The number of hydrogen-bond donors (Lipinski definition) is 0. The van der Waals surface area contributed by atoms with Gasteiger partial charge in [-0.25, -0.2) is 4.39 Å². The van der Waals surface area contributed by atoms with Crippen LogP contribution in [0.4, 0.5) is 4.39 Å². The molecule has 2 rings (SSSR count). The van der Waals surface area contributed by atoms with Gasteiger partial charge in [-0.3, -0.25) is 4.79 Å². The van der Waals surface area contributed by atoms with Gasteiger partial charge in [0.2, 0.25) is 0 Å². The summed E-state index contributed by atoms with van der Waals surface area (Å²) in [5, 5.41) is 0. The Morgan fingerprint density at radius 2 is 1.95 bits per heavy atom. The number of benzene rings is 2. The van der Waals surface area contributed by atoms with Crippen LogP contribution in [0.15, 0.2) is 46.9 Å². The fourth-order valence-corrected chi connectivity index (χ4v) is 2.62. The van der Waals surface area contributed by atoms with E-state index in [9.17, 15) is 9.18 Å². The van der Waals surface area contributed by atoms with Gasteiger partial charge in [0.15, 0.2) is 0 Å². The monoisotopic (exact) mass is 335 g/mol. The fraction of sp³-hybridized carbons (Fsp3) is 0.188. The van der Waals surface area contributed by atoms with E-state index in [1.165, 1.54) is 11.0 Å². The van der Waals surface area contributed by atoms with Gasteiger partial charge in [-0.05, 0) is 46.6 Å². The number of amides is 1. The van der Waals surface area contributed by atoms with Crippen LogP contribution in [0, 0.1) is 12.7 Å². The van der Waals surface area contributed by atoms with E-state index in [4.69, 9.17) is 0 Å². The summed E-state index contributed by atoms with van der Waals surface area (Å²) in [7, 11) is 1.67. The van der Waals surface area contributed by atoms with Gasteiger partial charge in [0.1, 0.15) is 5.82 Å². The predicted molar refractivity (Wildman–Crippen MR) is 81.1 cm³/mol. The van der Waals surface area contributed by atoms with Crippen molar-refractivity contribution < 1.29 is 9.18 Å². The second-order valence-electron chi connectivity index (χ2n) is 4.74. The van der Waals surface area contributed by atoms with Crippen molar-refractivity contribution in [2.75, 3.05) is 7.05 Å². The van der Waals surface area contributed by atoms with Crippen molar-refractivity contribution in [2.24, 2.45) is 0 Å². The molecule has 20 heavy (non-hydrogen) atoms. The number of hydrogen-bond acceptors (Lipinski definition) is 1. The second-order valence-corrected chi connectivity index (χ2v) is 5.59. The second kappa shape index (κ2) is 6.18. The first kappa shape index (κ1) is 14.7. The van der Waals surface area contributed by atoms with Gasteiger partial charge in [-0.2, -0.15) is 0 Å².